The van der Waals surface area contributed by atoms with Crippen LogP contribution in [0.2, 0.25) is 5.02 Å². The number of esters is 1. The van der Waals surface area contributed by atoms with Crippen molar-refractivity contribution < 1.29 is 19.0 Å². The van der Waals surface area contributed by atoms with Gasteiger partial charge >= 0.3 is 5.97 Å². The second-order valence-electron chi connectivity index (χ2n) is 4.28. The first kappa shape index (κ1) is 13.3. The van der Waals surface area contributed by atoms with Crippen LogP contribution in [-0.2, 0) is 24.8 Å². The highest BCUT2D eigenvalue weighted by Gasteiger charge is 2.39. The van der Waals surface area contributed by atoms with Crippen LogP contribution < -0.4 is 0 Å². The zero-order chi connectivity index (χ0) is 13.2. The molecule has 1 saturated heterocycles. The SMILES string of the molecule is COC(=O)CC1COC(C)(c2ccc(Cl)cc2)O1. The second-order valence-corrected chi connectivity index (χ2v) is 4.72. The van der Waals surface area contributed by atoms with Crippen molar-refractivity contribution in [3.05, 3.63) is 34.9 Å². The van der Waals surface area contributed by atoms with Gasteiger partial charge in [-0.3, -0.25) is 4.79 Å². The van der Waals surface area contributed by atoms with Crippen LogP contribution in [0.3, 0.4) is 0 Å². The maximum Gasteiger partial charge on any atom is 0.308 e. The summed E-state index contributed by atoms with van der Waals surface area (Å²) < 4.78 is 16.0. The summed E-state index contributed by atoms with van der Waals surface area (Å²) >= 11 is 5.84. The molecule has 0 aromatic heterocycles. The van der Waals surface area contributed by atoms with E-state index in [2.05, 4.69) is 4.74 Å². The van der Waals surface area contributed by atoms with Gasteiger partial charge in [0.25, 0.3) is 0 Å². The van der Waals surface area contributed by atoms with E-state index in [1.54, 1.807) is 12.1 Å². The molecule has 4 nitrogen and oxygen atoms in total. The third-order valence-corrected chi connectivity index (χ3v) is 3.18. The molecule has 1 fully saturated rings. The number of carbonyl (C=O) groups excluding carboxylic acids is 1. The molecule has 1 aliphatic heterocycles. The highest BCUT2D eigenvalue weighted by molar-refractivity contribution is 6.30. The van der Waals surface area contributed by atoms with E-state index in [-0.39, 0.29) is 18.5 Å². The molecule has 0 spiro atoms. The summed E-state index contributed by atoms with van der Waals surface area (Å²) in [6.45, 7) is 2.20. The van der Waals surface area contributed by atoms with Crippen LogP contribution in [-0.4, -0.2) is 25.8 Å². The lowest BCUT2D eigenvalue weighted by Gasteiger charge is -2.23. The molecule has 0 saturated carbocycles. The number of carbonyl (C=O) groups is 1. The average Bonchev–Trinajstić information content (AvgIpc) is 2.72. The third kappa shape index (κ3) is 2.83. The summed E-state index contributed by atoms with van der Waals surface area (Å²) in [6, 6.07) is 7.26. The molecule has 1 aromatic rings. The lowest BCUT2D eigenvalue weighted by Crippen LogP contribution is -2.24. The Morgan fingerprint density at radius 1 is 1.50 bits per heavy atom. The normalized spacial score (nSPS) is 27.2. The zero-order valence-corrected chi connectivity index (χ0v) is 11.1. The number of hydrogen-bond donors (Lipinski definition) is 0. The van der Waals surface area contributed by atoms with E-state index in [1.165, 1.54) is 7.11 Å². The monoisotopic (exact) mass is 270 g/mol. The van der Waals surface area contributed by atoms with Gasteiger partial charge in [0.15, 0.2) is 5.79 Å². The smallest absolute Gasteiger partial charge is 0.308 e. The molecule has 0 amide bonds. The van der Waals surface area contributed by atoms with Crippen molar-refractivity contribution in [2.24, 2.45) is 0 Å². The highest BCUT2D eigenvalue weighted by Crippen LogP contribution is 2.35. The third-order valence-electron chi connectivity index (χ3n) is 2.93. The van der Waals surface area contributed by atoms with Crippen molar-refractivity contribution in [2.45, 2.75) is 25.2 Å². The van der Waals surface area contributed by atoms with Crippen LogP contribution in [0.1, 0.15) is 18.9 Å². The average molecular weight is 271 g/mol. The molecule has 0 N–H and O–H groups in total. The van der Waals surface area contributed by atoms with E-state index >= 15 is 0 Å². The Balaban J connectivity index is 2.05. The van der Waals surface area contributed by atoms with Gasteiger partial charge in [-0.25, -0.2) is 0 Å². The highest BCUT2D eigenvalue weighted by atomic mass is 35.5. The van der Waals surface area contributed by atoms with Crippen molar-refractivity contribution in [2.75, 3.05) is 13.7 Å². The minimum atomic E-state index is -0.830. The molecule has 5 heteroatoms. The lowest BCUT2D eigenvalue weighted by atomic mass is 10.1. The quantitative estimate of drug-likeness (QED) is 0.792. The van der Waals surface area contributed by atoms with E-state index in [9.17, 15) is 4.79 Å². The Labute approximate surface area is 111 Å². The number of rotatable bonds is 3. The predicted molar refractivity (Wildman–Crippen MR) is 66.3 cm³/mol. The van der Waals surface area contributed by atoms with E-state index in [4.69, 9.17) is 21.1 Å². The van der Waals surface area contributed by atoms with Gasteiger partial charge < -0.3 is 14.2 Å². The second kappa shape index (κ2) is 5.26. The van der Waals surface area contributed by atoms with E-state index in [0.29, 0.717) is 11.6 Å². The molecule has 1 aliphatic rings. The summed E-state index contributed by atoms with van der Waals surface area (Å²) in [7, 11) is 1.36. The molecule has 2 unspecified atom stereocenters. The number of ether oxygens (including phenoxy) is 3. The molecule has 1 aromatic carbocycles. The van der Waals surface area contributed by atoms with Crippen molar-refractivity contribution in [1.82, 2.24) is 0 Å². The molecule has 1 heterocycles. The van der Waals surface area contributed by atoms with E-state index in [0.717, 1.165) is 5.56 Å². The van der Waals surface area contributed by atoms with Crippen LogP contribution in [0.5, 0.6) is 0 Å². The lowest BCUT2D eigenvalue weighted by molar-refractivity contribution is -0.166. The van der Waals surface area contributed by atoms with Crippen LogP contribution in [0.15, 0.2) is 24.3 Å². The van der Waals surface area contributed by atoms with Crippen molar-refractivity contribution in [3.8, 4) is 0 Å². The Morgan fingerprint density at radius 2 is 2.17 bits per heavy atom. The number of hydrogen-bond acceptors (Lipinski definition) is 4. The van der Waals surface area contributed by atoms with Gasteiger partial charge in [0, 0.05) is 10.6 Å². The predicted octanol–water partition coefficient (Wildman–Crippen LogP) is 2.49. The molecular formula is C13H15ClO4. The fourth-order valence-corrected chi connectivity index (χ4v) is 2.04. The topological polar surface area (TPSA) is 44.8 Å². The maximum absolute atomic E-state index is 11.2. The van der Waals surface area contributed by atoms with Crippen molar-refractivity contribution in [1.29, 1.82) is 0 Å². The first-order valence-electron chi connectivity index (χ1n) is 5.68. The van der Waals surface area contributed by atoms with Gasteiger partial charge in [0.05, 0.1) is 26.2 Å². The zero-order valence-electron chi connectivity index (χ0n) is 10.3. The first-order chi connectivity index (χ1) is 8.53. The standard InChI is InChI=1S/C13H15ClO4/c1-13(9-3-5-10(14)6-4-9)17-8-11(18-13)7-12(15)16-2/h3-6,11H,7-8H2,1-2H3. The molecule has 0 aliphatic carbocycles. The molecule has 18 heavy (non-hydrogen) atoms. The minimum Gasteiger partial charge on any atom is -0.469 e. The van der Waals surface area contributed by atoms with Crippen LogP contribution in [0.4, 0.5) is 0 Å². The Morgan fingerprint density at radius 3 is 2.78 bits per heavy atom. The molecule has 2 rings (SSSR count). The maximum atomic E-state index is 11.2. The fraction of sp³-hybridized carbons (Fsp3) is 0.462. The number of benzene rings is 1. The van der Waals surface area contributed by atoms with Crippen molar-refractivity contribution >= 4 is 17.6 Å². The first-order valence-corrected chi connectivity index (χ1v) is 6.06. The Hall–Kier alpha value is -1.10. The van der Waals surface area contributed by atoms with Gasteiger partial charge in [-0.15, -0.1) is 0 Å². The number of halogens is 1. The van der Waals surface area contributed by atoms with Gasteiger partial charge in [-0.1, -0.05) is 23.7 Å². The Bertz CT molecular complexity index is 431. The van der Waals surface area contributed by atoms with Gasteiger partial charge in [-0.2, -0.15) is 0 Å². The van der Waals surface area contributed by atoms with Gasteiger partial charge in [-0.05, 0) is 19.1 Å². The molecular weight excluding hydrogens is 256 g/mol. The van der Waals surface area contributed by atoms with Crippen LogP contribution in [0.25, 0.3) is 0 Å². The number of methoxy groups -OCH3 is 1. The van der Waals surface area contributed by atoms with Crippen LogP contribution >= 0.6 is 11.6 Å². The molecule has 2 atom stereocenters. The molecule has 0 radical (unpaired) electrons. The molecule has 98 valence electrons. The summed E-state index contributed by atoms with van der Waals surface area (Å²) in [6.07, 6.45) is -0.0854. The Kier molecular flexibility index (Phi) is 3.90. The van der Waals surface area contributed by atoms with E-state index in [1.807, 2.05) is 19.1 Å². The largest absolute Gasteiger partial charge is 0.469 e. The summed E-state index contributed by atoms with van der Waals surface area (Å²) in [5.41, 5.74) is 0.874. The minimum absolute atomic E-state index is 0.194. The summed E-state index contributed by atoms with van der Waals surface area (Å²) in [4.78, 5) is 11.2. The molecule has 0 bridgehead atoms. The van der Waals surface area contributed by atoms with Crippen molar-refractivity contribution in [3.63, 3.8) is 0 Å². The van der Waals surface area contributed by atoms with Gasteiger partial charge in [0.1, 0.15) is 0 Å². The van der Waals surface area contributed by atoms with Crippen LogP contribution in [0, 0.1) is 0 Å². The summed E-state index contributed by atoms with van der Waals surface area (Å²) in [5.74, 6) is -1.13. The summed E-state index contributed by atoms with van der Waals surface area (Å²) in [5, 5.41) is 0.659. The van der Waals surface area contributed by atoms with E-state index < -0.39 is 5.79 Å². The fourth-order valence-electron chi connectivity index (χ4n) is 1.91. The van der Waals surface area contributed by atoms with Gasteiger partial charge in [0.2, 0.25) is 0 Å².